The summed E-state index contributed by atoms with van der Waals surface area (Å²) in [5.41, 5.74) is 14.1. The molecule has 58 heavy (non-hydrogen) atoms. The number of rotatable bonds is 9. The van der Waals surface area contributed by atoms with Gasteiger partial charge in [-0.05, 0) is 147 Å². The molecule has 280 valence electrons. The maximum Gasteiger partial charge on any atom is 0.346 e. The van der Waals surface area contributed by atoms with Gasteiger partial charge in [0.15, 0.2) is 0 Å². The molecule has 0 bridgehead atoms. The molecule has 0 unspecified atom stereocenters. The van der Waals surface area contributed by atoms with E-state index in [1.165, 1.54) is 28.3 Å². The van der Waals surface area contributed by atoms with Crippen molar-refractivity contribution < 1.29 is 9.90 Å². The van der Waals surface area contributed by atoms with Crippen molar-refractivity contribution >= 4 is 53.4 Å². The van der Waals surface area contributed by atoms with Crippen LogP contribution in [0.1, 0.15) is 77.8 Å². The predicted molar refractivity (Wildman–Crippen MR) is 241 cm³/mol. The van der Waals surface area contributed by atoms with E-state index in [-0.39, 0.29) is 5.57 Å². The number of hydrogen-bond donors (Lipinski definition) is 1. The lowest BCUT2D eigenvalue weighted by Gasteiger charge is -2.26. The van der Waals surface area contributed by atoms with Gasteiger partial charge in [-0.3, -0.25) is 0 Å². The van der Waals surface area contributed by atoms with Crippen molar-refractivity contribution in [3.8, 4) is 29.8 Å². The third-order valence-electron chi connectivity index (χ3n) is 8.90. The van der Waals surface area contributed by atoms with Gasteiger partial charge in [-0.1, -0.05) is 120 Å². The zero-order valence-corrected chi connectivity index (χ0v) is 33.0. The van der Waals surface area contributed by atoms with Crippen LogP contribution in [0.4, 0.5) is 17.1 Å². The van der Waals surface area contributed by atoms with Crippen molar-refractivity contribution in [2.24, 2.45) is 0 Å². The molecule has 0 spiro atoms. The van der Waals surface area contributed by atoms with Gasteiger partial charge in [0.2, 0.25) is 0 Å². The summed E-state index contributed by atoms with van der Waals surface area (Å²) in [5.74, 6) is 11.7. The van der Waals surface area contributed by atoms with E-state index in [1.807, 2.05) is 36.4 Å². The van der Waals surface area contributed by atoms with E-state index < -0.39 is 5.97 Å². The second-order valence-electron chi connectivity index (χ2n) is 14.2. The number of nitriles is 1. The third kappa shape index (κ3) is 11.3. The van der Waals surface area contributed by atoms with Crippen molar-refractivity contribution in [2.75, 3.05) is 4.90 Å². The van der Waals surface area contributed by atoms with Gasteiger partial charge in [0.25, 0.3) is 0 Å². The Kier molecular flexibility index (Phi) is 13.2. The molecule has 4 nitrogen and oxygen atoms in total. The zero-order chi connectivity index (χ0) is 40.9. The van der Waals surface area contributed by atoms with Gasteiger partial charge >= 0.3 is 5.97 Å². The highest BCUT2D eigenvalue weighted by Crippen LogP contribution is 2.35. The fraction of sp³-hybridized carbons (Fsp3) is 0.0741. The summed E-state index contributed by atoms with van der Waals surface area (Å²) in [7, 11) is 0. The van der Waals surface area contributed by atoms with Gasteiger partial charge in [-0.2, -0.15) is 5.26 Å². The molecule has 0 radical (unpaired) electrons. The SMILES string of the molecule is CC(C)=Cc1ccc(N(c2ccc(C#Cc3ccc(/C=C/c4ccc(C#Cc5ccc(/C=C(/C#N)C(=O)O)cc5)cc4)cc3)cc2)c2ccc(C=C(C)C)cc2)cc1. The average Bonchev–Trinajstić information content (AvgIpc) is 3.23. The molecule has 0 saturated heterocycles. The Morgan fingerprint density at radius 2 is 0.724 bits per heavy atom. The van der Waals surface area contributed by atoms with Crippen LogP contribution in [0.15, 0.2) is 162 Å². The minimum Gasteiger partial charge on any atom is -0.477 e. The van der Waals surface area contributed by atoms with E-state index in [1.54, 1.807) is 30.3 Å². The molecule has 6 aromatic carbocycles. The molecule has 0 aliphatic heterocycles. The first-order valence-electron chi connectivity index (χ1n) is 18.9. The van der Waals surface area contributed by atoms with Crippen LogP contribution in [-0.2, 0) is 4.79 Å². The van der Waals surface area contributed by atoms with Gasteiger partial charge < -0.3 is 10.0 Å². The molecule has 0 amide bonds. The molecular weight excluding hydrogens is 709 g/mol. The molecule has 0 aromatic heterocycles. The number of allylic oxidation sites excluding steroid dienone is 2. The lowest BCUT2D eigenvalue weighted by atomic mass is 10.1. The number of hydrogen-bond acceptors (Lipinski definition) is 3. The molecule has 0 saturated carbocycles. The Bertz CT molecular complexity index is 2610. The molecular formula is C54H42N2O2. The highest BCUT2D eigenvalue weighted by Gasteiger charge is 2.12. The molecule has 6 aromatic rings. The average molecular weight is 751 g/mol. The monoisotopic (exact) mass is 750 g/mol. The standard InChI is InChI=1S/C54H42N2O2/c1-39(2)35-47-25-31-52(32-26-47)56(53-33-27-48(28-34-53)36-40(3)4)51-29-23-46(24-30-51)18-17-44-13-11-42(12-14-44)6-5-41-7-9-43(10-8-41)15-16-45-19-21-49(22-20-45)37-50(38-55)54(57)58/h5-14,19-37H,1-4H3,(H,57,58)/b6-5+,50-37-. The highest BCUT2D eigenvalue weighted by atomic mass is 16.4. The Balaban J connectivity index is 1.09. The van der Waals surface area contributed by atoms with Gasteiger partial charge in [-0.15, -0.1) is 0 Å². The lowest BCUT2D eigenvalue weighted by molar-refractivity contribution is -0.132. The minimum absolute atomic E-state index is 0.313. The van der Waals surface area contributed by atoms with Crippen LogP contribution in [0.25, 0.3) is 30.4 Å². The molecule has 6 rings (SSSR count). The first-order chi connectivity index (χ1) is 28.1. The predicted octanol–water partition coefficient (Wildman–Crippen LogP) is 13.0. The summed E-state index contributed by atoms with van der Waals surface area (Å²) in [6, 6.07) is 50.7. The van der Waals surface area contributed by atoms with Crippen LogP contribution in [0.2, 0.25) is 0 Å². The molecule has 0 aliphatic carbocycles. The largest absolute Gasteiger partial charge is 0.477 e. The smallest absolute Gasteiger partial charge is 0.346 e. The number of carboxylic acids is 1. The fourth-order valence-corrected chi connectivity index (χ4v) is 6.05. The van der Waals surface area contributed by atoms with Crippen LogP contribution >= 0.6 is 0 Å². The van der Waals surface area contributed by atoms with Crippen LogP contribution in [0.5, 0.6) is 0 Å². The van der Waals surface area contributed by atoms with Crippen molar-refractivity contribution in [1.82, 2.24) is 0 Å². The van der Waals surface area contributed by atoms with Crippen molar-refractivity contribution in [2.45, 2.75) is 27.7 Å². The van der Waals surface area contributed by atoms with E-state index >= 15 is 0 Å². The molecule has 0 heterocycles. The van der Waals surface area contributed by atoms with E-state index in [2.05, 4.69) is 166 Å². The Labute approximate surface area is 342 Å². The molecule has 0 aliphatic rings. The zero-order valence-electron chi connectivity index (χ0n) is 33.0. The van der Waals surface area contributed by atoms with Gasteiger partial charge in [0.1, 0.15) is 11.6 Å². The Morgan fingerprint density at radius 1 is 0.448 bits per heavy atom. The molecule has 0 atom stereocenters. The summed E-state index contributed by atoms with van der Waals surface area (Å²) >= 11 is 0. The summed E-state index contributed by atoms with van der Waals surface area (Å²) in [6.07, 6.45) is 9.85. The second-order valence-corrected chi connectivity index (χ2v) is 14.2. The first-order valence-corrected chi connectivity index (χ1v) is 18.9. The Hall–Kier alpha value is -7.84. The fourth-order valence-electron chi connectivity index (χ4n) is 6.05. The van der Waals surface area contributed by atoms with E-state index in [9.17, 15) is 4.79 Å². The highest BCUT2D eigenvalue weighted by molar-refractivity contribution is 5.96. The topological polar surface area (TPSA) is 64.3 Å². The van der Waals surface area contributed by atoms with Crippen molar-refractivity contribution in [1.29, 1.82) is 5.26 Å². The quantitative estimate of drug-likeness (QED) is 0.0692. The maximum atomic E-state index is 11.1. The van der Waals surface area contributed by atoms with E-state index in [4.69, 9.17) is 10.4 Å². The normalized spacial score (nSPS) is 10.6. The van der Waals surface area contributed by atoms with Crippen LogP contribution in [0, 0.1) is 35.0 Å². The molecule has 0 fully saturated rings. The van der Waals surface area contributed by atoms with Crippen molar-refractivity contribution in [3.05, 3.63) is 212 Å². The second kappa shape index (κ2) is 19.2. The summed E-state index contributed by atoms with van der Waals surface area (Å²) in [4.78, 5) is 13.3. The summed E-state index contributed by atoms with van der Waals surface area (Å²) in [6.45, 7) is 8.45. The first kappa shape index (κ1) is 39.8. The number of carboxylic acid groups (broad SMARTS) is 1. The number of aliphatic carboxylic acids is 1. The van der Waals surface area contributed by atoms with Crippen LogP contribution in [-0.4, -0.2) is 11.1 Å². The molecule has 1 N–H and O–H groups in total. The van der Waals surface area contributed by atoms with Gasteiger partial charge in [-0.25, -0.2) is 4.79 Å². The van der Waals surface area contributed by atoms with Crippen LogP contribution < -0.4 is 4.90 Å². The van der Waals surface area contributed by atoms with Crippen LogP contribution in [0.3, 0.4) is 0 Å². The van der Waals surface area contributed by atoms with E-state index in [0.717, 1.165) is 50.4 Å². The van der Waals surface area contributed by atoms with E-state index in [0.29, 0.717) is 5.56 Å². The lowest BCUT2D eigenvalue weighted by Crippen LogP contribution is -2.09. The number of nitrogens with zero attached hydrogens (tertiary/aromatic N) is 2. The molecule has 4 heteroatoms. The summed E-state index contributed by atoms with van der Waals surface area (Å²) < 4.78 is 0. The number of benzene rings is 6. The third-order valence-corrected chi connectivity index (χ3v) is 8.90. The number of carbonyl (C=O) groups is 1. The maximum absolute atomic E-state index is 11.1. The summed E-state index contributed by atoms with van der Waals surface area (Å²) in [5, 5.41) is 18.0. The van der Waals surface area contributed by atoms with Gasteiger partial charge in [0, 0.05) is 39.3 Å². The van der Waals surface area contributed by atoms with Crippen molar-refractivity contribution in [3.63, 3.8) is 0 Å². The van der Waals surface area contributed by atoms with Gasteiger partial charge in [0.05, 0.1) is 0 Å². The Morgan fingerprint density at radius 3 is 1.03 bits per heavy atom. The minimum atomic E-state index is -1.25. The number of anilines is 3.